The molecule has 0 aliphatic carbocycles. The van der Waals surface area contributed by atoms with E-state index in [4.69, 9.17) is 9.84 Å². The van der Waals surface area contributed by atoms with Gasteiger partial charge in [0.25, 0.3) is 0 Å². The third-order valence-electron chi connectivity index (χ3n) is 4.63. The Balaban J connectivity index is 1.84. The van der Waals surface area contributed by atoms with E-state index in [1.54, 1.807) is 7.11 Å². The van der Waals surface area contributed by atoms with Gasteiger partial charge >= 0.3 is 5.97 Å². The summed E-state index contributed by atoms with van der Waals surface area (Å²) in [6.45, 7) is 0. The molecular formula is C21H21BrN2O4. The molecule has 2 aromatic rings. The third-order valence-corrected chi connectivity index (χ3v) is 5.15. The van der Waals surface area contributed by atoms with E-state index in [0.29, 0.717) is 12.8 Å². The quantitative estimate of drug-likeness (QED) is 0.686. The predicted octanol–water partition coefficient (Wildman–Crippen LogP) is 4.39. The Morgan fingerprint density at radius 3 is 2.43 bits per heavy atom. The molecule has 0 bridgehead atoms. The number of carboxylic acid groups (broad SMARTS) is 1. The topological polar surface area (TPSA) is 79.2 Å². The summed E-state index contributed by atoms with van der Waals surface area (Å²) in [4.78, 5) is 23.5. The van der Waals surface area contributed by atoms with Crippen molar-refractivity contribution in [2.45, 2.75) is 31.7 Å². The summed E-state index contributed by atoms with van der Waals surface area (Å²) >= 11 is 3.43. The minimum atomic E-state index is -0.903. The lowest BCUT2D eigenvalue weighted by molar-refractivity contribution is -0.137. The minimum Gasteiger partial charge on any atom is -0.497 e. The molecule has 0 radical (unpaired) electrons. The highest BCUT2D eigenvalue weighted by Gasteiger charge is 2.32. The van der Waals surface area contributed by atoms with Crippen LogP contribution in [0.1, 0.15) is 42.9 Å². The van der Waals surface area contributed by atoms with Gasteiger partial charge in [0.05, 0.1) is 18.9 Å². The summed E-state index contributed by atoms with van der Waals surface area (Å²) in [7, 11) is 1.61. The van der Waals surface area contributed by atoms with Crippen molar-refractivity contribution in [1.29, 1.82) is 0 Å². The number of hydrogen-bond donors (Lipinski definition) is 1. The second-order valence-corrected chi connectivity index (χ2v) is 7.45. The van der Waals surface area contributed by atoms with E-state index in [9.17, 15) is 9.59 Å². The number of amides is 1. The second-order valence-electron chi connectivity index (χ2n) is 6.53. The van der Waals surface area contributed by atoms with Crippen molar-refractivity contribution in [2.24, 2.45) is 5.10 Å². The van der Waals surface area contributed by atoms with E-state index in [0.717, 1.165) is 27.1 Å². The van der Waals surface area contributed by atoms with Crippen LogP contribution in [0.2, 0.25) is 0 Å². The van der Waals surface area contributed by atoms with Gasteiger partial charge in [-0.25, -0.2) is 5.01 Å². The lowest BCUT2D eigenvalue weighted by Gasteiger charge is -2.22. The largest absolute Gasteiger partial charge is 0.497 e. The summed E-state index contributed by atoms with van der Waals surface area (Å²) in [5, 5.41) is 14.9. The molecule has 0 aromatic heterocycles. The Hall–Kier alpha value is -2.67. The van der Waals surface area contributed by atoms with Gasteiger partial charge in [0.15, 0.2) is 0 Å². The molecule has 1 heterocycles. The normalized spacial score (nSPS) is 16.0. The highest BCUT2D eigenvalue weighted by atomic mass is 79.9. The van der Waals surface area contributed by atoms with Crippen LogP contribution in [0, 0.1) is 0 Å². The molecule has 0 saturated carbocycles. The molecule has 1 aliphatic rings. The highest BCUT2D eigenvalue weighted by Crippen LogP contribution is 2.34. The SMILES string of the molecule is COc1ccc(C2CC(c3ccc(Br)cc3)=NN2C(=O)CCCC(=O)O)cc1. The zero-order valence-electron chi connectivity index (χ0n) is 15.5. The van der Waals surface area contributed by atoms with E-state index < -0.39 is 5.97 Å². The molecule has 146 valence electrons. The molecule has 28 heavy (non-hydrogen) atoms. The number of benzene rings is 2. The average Bonchev–Trinajstić information content (AvgIpc) is 3.14. The molecule has 1 N–H and O–H groups in total. The maximum atomic E-state index is 12.8. The predicted molar refractivity (Wildman–Crippen MR) is 109 cm³/mol. The summed E-state index contributed by atoms with van der Waals surface area (Å²) in [6, 6.07) is 15.2. The molecule has 0 saturated heterocycles. The van der Waals surface area contributed by atoms with E-state index in [2.05, 4.69) is 21.0 Å². The Labute approximate surface area is 171 Å². The Morgan fingerprint density at radius 1 is 1.14 bits per heavy atom. The standard InChI is InChI=1S/C21H21BrN2O4/c1-28-17-11-7-15(8-12-17)19-13-18(14-5-9-16(22)10-6-14)23-24(19)20(25)3-2-4-21(26)27/h5-12,19H,2-4,13H2,1H3,(H,26,27). The van der Waals surface area contributed by atoms with Crippen LogP contribution in [0.25, 0.3) is 0 Å². The summed E-state index contributed by atoms with van der Waals surface area (Å²) < 4.78 is 6.19. The number of carboxylic acids is 1. The van der Waals surface area contributed by atoms with Crippen LogP contribution in [0.3, 0.4) is 0 Å². The number of carbonyl (C=O) groups is 2. The Bertz CT molecular complexity index is 878. The number of rotatable bonds is 7. The number of carbonyl (C=O) groups excluding carboxylic acids is 1. The van der Waals surface area contributed by atoms with E-state index in [1.807, 2.05) is 48.5 Å². The first kappa shape index (κ1) is 20.1. The minimum absolute atomic E-state index is 0.0317. The van der Waals surface area contributed by atoms with Gasteiger partial charge in [0.2, 0.25) is 5.91 Å². The van der Waals surface area contributed by atoms with Crippen LogP contribution in [0.15, 0.2) is 58.1 Å². The van der Waals surface area contributed by atoms with E-state index in [1.165, 1.54) is 5.01 Å². The maximum absolute atomic E-state index is 12.8. The van der Waals surface area contributed by atoms with Gasteiger partial charge < -0.3 is 9.84 Å². The fourth-order valence-corrected chi connectivity index (χ4v) is 3.41. The zero-order valence-corrected chi connectivity index (χ0v) is 17.1. The fraction of sp³-hybridized carbons (Fsp3) is 0.286. The third kappa shape index (κ3) is 4.78. The molecule has 1 atom stereocenters. The first-order chi connectivity index (χ1) is 13.5. The molecule has 0 fully saturated rings. The monoisotopic (exact) mass is 444 g/mol. The average molecular weight is 445 g/mol. The highest BCUT2D eigenvalue weighted by molar-refractivity contribution is 9.10. The van der Waals surface area contributed by atoms with Crippen LogP contribution in [0.5, 0.6) is 5.75 Å². The van der Waals surface area contributed by atoms with E-state index >= 15 is 0 Å². The Kier molecular flexibility index (Phi) is 6.46. The van der Waals surface area contributed by atoms with Crippen molar-refractivity contribution in [3.63, 3.8) is 0 Å². The van der Waals surface area contributed by atoms with Gasteiger partial charge in [-0.15, -0.1) is 0 Å². The van der Waals surface area contributed by atoms with Crippen LogP contribution < -0.4 is 4.74 Å². The number of methoxy groups -OCH3 is 1. The van der Waals surface area contributed by atoms with E-state index in [-0.39, 0.29) is 24.8 Å². The Morgan fingerprint density at radius 2 is 1.82 bits per heavy atom. The molecule has 2 aromatic carbocycles. The van der Waals surface area contributed by atoms with Gasteiger partial charge in [-0.2, -0.15) is 5.10 Å². The number of aliphatic carboxylic acids is 1. The number of hydrogen-bond acceptors (Lipinski definition) is 4. The second kappa shape index (κ2) is 9.01. The molecule has 6 nitrogen and oxygen atoms in total. The molecular weight excluding hydrogens is 424 g/mol. The first-order valence-corrected chi connectivity index (χ1v) is 9.78. The number of hydrazone groups is 1. The van der Waals surface area contributed by atoms with Gasteiger partial charge in [-0.3, -0.25) is 9.59 Å². The van der Waals surface area contributed by atoms with Crippen molar-refractivity contribution in [3.05, 3.63) is 64.1 Å². The molecule has 1 unspecified atom stereocenters. The molecule has 7 heteroatoms. The fourth-order valence-electron chi connectivity index (χ4n) is 3.15. The van der Waals surface area contributed by atoms with Crippen molar-refractivity contribution >= 4 is 33.5 Å². The number of nitrogens with zero attached hydrogens (tertiary/aromatic N) is 2. The maximum Gasteiger partial charge on any atom is 0.303 e. The van der Waals surface area contributed by atoms with Crippen molar-refractivity contribution in [2.75, 3.05) is 7.11 Å². The van der Waals surface area contributed by atoms with Gasteiger partial charge in [-0.05, 0) is 41.8 Å². The molecule has 1 amide bonds. The summed E-state index contributed by atoms with van der Waals surface area (Å²) in [5.41, 5.74) is 2.76. The van der Waals surface area contributed by atoms with Crippen molar-refractivity contribution < 1.29 is 19.4 Å². The first-order valence-electron chi connectivity index (χ1n) is 8.99. The van der Waals surface area contributed by atoms with Crippen LogP contribution in [-0.4, -0.2) is 34.8 Å². The lowest BCUT2D eigenvalue weighted by Crippen LogP contribution is -2.27. The summed E-state index contributed by atoms with van der Waals surface area (Å²) in [5.74, 6) is -0.329. The van der Waals surface area contributed by atoms with Crippen LogP contribution in [0.4, 0.5) is 0 Å². The number of halogens is 1. The zero-order chi connectivity index (χ0) is 20.1. The van der Waals surface area contributed by atoms with Crippen molar-refractivity contribution in [1.82, 2.24) is 5.01 Å². The van der Waals surface area contributed by atoms with Crippen molar-refractivity contribution in [3.8, 4) is 5.75 Å². The molecule has 3 rings (SSSR count). The smallest absolute Gasteiger partial charge is 0.303 e. The van der Waals surface area contributed by atoms with Gasteiger partial charge in [0.1, 0.15) is 5.75 Å². The molecule has 1 aliphatic heterocycles. The lowest BCUT2D eigenvalue weighted by atomic mass is 9.98. The molecule has 0 spiro atoms. The number of ether oxygens (including phenoxy) is 1. The van der Waals surface area contributed by atoms with Crippen LogP contribution in [-0.2, 0) is 9.59 Å². The van der Waals surface area contributed by atoms with Crippen LogP contribution >= 0.6 is 15.9 Å². The van der Waals surface area contributed by atoms with Gasteiger partial charge in [-0.1, -0.05) is 40.2 Å². The van der Waals surface area contributed by atoms with Gasteiger partial charge in [0, 0.05) is 23.7 Å². The summed E-state index contributed by atoms with van der Waals surface area (Å²) in [6.07, 6.45) is 1.01.